The predicted octanol–water partition coefficient (Wildman–Crippen LogP) is 4.38. The molecule has 1 heterocycles. The summed E-state index contributed by atoms with van der Waals surface area (Å²) in [6, 6.07) is 23.8. The van der Waals surface area contributed by atoms with Gasteiger partial charge in [0.1, 0.15) is 0 Å². The molecule has 0 amide bonds. The van der Waals surface area contributed by atoms with Gasteiger partial charge in [-0.15, -0.1) is 11.3 Å². The van der Waals surface area contributed by atoms with Crippen molar-refractivity contribution in [1.82, 2.24) is 4.98 Å². The van der Waals surface area contributed by atoms with E-state index in [9.17, 15) is 13.2 Å². The van der Waals surface area contributed by atoms with Crippen LogP contribution in [0.1, 0.15) is 9.80 Å². The van der Waals surface area contributed by atoms with Crippen molar-refractivity contribution in [3.63, 3.8) is 0 Å². The van der Waals surface area contributed by atoms with Gasteiger partial charge in [0, 0.05) is 0 Å². The van der Waals surface area contributed by atoms with Crippen molar-refractivity contribution in [2.24, 2.45) is 5.10 Å². The lowest BCUT2D eigenvalue weighted by molar-refractivity contribution is 0.106. The third kappa shape index (κ3) is 3.94. The number of hydrazone groups is 1. The van der Waals surface area contributed by atoms with E-state index >= 15 is 0 Å². The Morgan fingerprint density at radius 3 is 2.17 bits per heavy atom. The van der Waals surface area contributed by atoms with E-state index in [1.165, 1.54) is 12.1 Å². The zero-order valence-electron chi connectivity index (χ0n) is 15.0. The van der Waals surface area contributed by atoms with Crippen LogP contribution in [0, 0.1) is 0 Å². The molecule has 6 nitrogen and oxygen atoms in total. The van der Waals surface area contributed by atoms with E-state index in [0.717, 1.165) is 16.0 Å². The fourth-order valence-corrected chi connectivity index (χ4v) is 4.85. The number of hydrogen-bond acceptors (Lipinski definition) is 7. The van der Waals surface area contributed by atoms with Crippen LogP contribution < -0.4 is 5.43 Å². The lowest BCUT2D eigenvalue weighted by atomic mass is 10.3. The van der Waals surface area contributed by atoms with E-state index < -0.39 is 20.7 Å². The third-order valence-corrected chi connectivity index (χ3v) is 6.76. The van der Waals surface area contributed by atoms with Crippen molar-refractivity contribution in [3.8, 4) is 0 Å². The van der Waals surface area contributed by atoms with Gasteiger partial charge in [0.05, 0.1) is 20.8 Å². The molecule has 4 aromatic rings. The maximum absolute atomic E-state index is 13.2. The average Bonchev–Trinajstić information content (AvgIpc) is 3.19. The number of rotatable bonds is 5. The monoisotopic (exact) mass is 421 g/mol. The van der Waals surface area contributed by atoms with Gasteiger partial charge in [-0.25, -0.2) is 13.4 Å². The molecular formula is C21H15N3O3S2. The zero-order valence-corrected chi connectivity index (χ0v) is 16.7. The van der Waals surface area contributed by atoms with Gasteiger partial charge in [-0.1, -0.05) is 48.5 Å². The van der Waals surface area contributed by atoms with Crippen LogP contribution in [0.3, 0.4) is 0 Å². The lowest BCUT2D eigenvalue weighted by Gasteiger charge is -2.07. The highest BCUT2D eigenvalue weighted by Crippen LogP contribution is 2.24. The fourth-order valence-electron chi connectivity index (χ4n) is 2.63. The molecule has 1 aromatic heterocycles. The number of nitrogens with one attached hydrogen (secondary N) is 1. The first-order chi connectivity index (χ1) is 14.1. The van der Waals surface area contributed by atoms with Crippen molar-refractivity contribution in [3.05, 3.63) is 89.9 Å². The Kier molecular flexibility index (Phi) is 5.20. The normalized spacial score (nSPS) is 12.1. The molecular weight excluding hydrogens is 406 g/mol. The van der Waals surface area contributed by atoms with Crippen LogP contribution >= 0.6 is 11.3 Å². The first kappa shape index (κ1) is 19.0. The second-order valence-corrected chi connectivity index (χ2v) is 8.92. The summed E-state index contributed by atoms with van der Waals surface area (Å²) in [5, 5.41) is 3.45. The van der Waals surface area contributed by atoms with Gasteiger partial charge < -0.3 is 0 Å². The second kappa shape index (κ2) is 7.94. The summed E-state index contributed by atoms with van der Waals surface area (Å²) in [7, 11) is -4.15. The van der Waals surface area contributed by atoms with E-state index in [2.05, 4.69) is 15.5 Å². The Morgan fingerprint density at radius 2 is 1.48 bits per heavy atom. The number of ketones is 1. The number of fused-ring (bicyclic) bond motifs is 1. The molecule has 0 bridgehead atoms. The first-order valence-electron chi connectivity index (χ1n) is 8.65. The Hall–Kier alpha value is -3.36. The van der Waals surface area contributed by atoms with E-state index in [4.69, 9.17) is 0 Å². The smallest absolute Gasteiger partial charge is 0.253 e. The highest BCUT2D eigenvalue weighted by Gasteiger charge is 2.32. The van der Waals surface area contributed by atoms with Crippen LogP contribution in [0.4, 0.5) is 5.69 Å². The average molecular weight is 422 g/mol. The quantitative estimate of drug-likeness (QED) is 0.224. The maximum atomic E-state index is 13.2. The van der Waals surface area contributed by atoms with Crippen LogP contribution in [0.25, 0.3) is 10.2 Å². The molecule has 3 aromatic carbocycles. The molecule has 144 valence electrons. The number of anilines is 1. The topological polar surface area (TPSA) is 88.5 Å². The minimum absolute atomic E-state index is 0.0110. The Morgan fingerprint density at radius 1 is 0.862 bits per heavy atom. The summed E-state index contributed by atoms with van der Waals surface area (Å²) >= 11 is 1.13. The van der Waals surface area contributed by atoms with Crippen LogP contribution in [0.5, 0.6) is 0 Å². The van der Waals surface area contributed by atoms with Crippen LogP contribution in [0.15, 0.2) is 94.9 Å². The van der Waals surface area contributed by atoms with Gasteiger partial charge in [-0.05, 0) is 36.4 Å². The van der Waals surface area contributed by atoms with E-state index in [-0.39, 0.29) is 9.90 Å². The van der Waals surface area contributed by atoms with Gasteiger partial charge in [-0.3, -0.25) is 10.2 Å². The SMILES string of the molecule is O=C(/C(=N\Nc1ccccc1)S(=O)(=O)c1ccccc1)c1nc2ccccc2s1. The van der Waals surface area contributed by atoms with Crippen LogP contribution in [-0.4, -0.2) is 24.2 Å². The molecule has 0 aliphatic rings. The number of aromatic nitrogens is 1. The summed E-state index contributed by atoms with van der Waals surface area (Å²) in [6.45, 7) is 0. The summed E-state index contributed by atoms with van der Waals surface area (Å²) in [5.74, 6) is -0.751. The molecule has 8 heteroatoms. The molecule has 0 unspecified atom stereocenters. The number of Topliss-reactive ketones (excluding diaryl/α,β-unsaturated/α-hetero) is 1. The number of carbonyl (C=O) groups is 1. The number of nitrogens with zero attached hydrogens (tertiary/aromatic N) is 2. The van der Waals surface area contributed by atoms with Crippen molar-refractivity contribution in [2.75, 3.05) is 5.43 Å². The van der Waals surface area contributed by atoms with Crippen molar-refractivity contribution >= 4 is 47.9 Å². The highest BCUT2D eigenvalue weighted by atomic mass is 32.2. The minimum Gasteiger partial charge on any atom is -0.283 e. The number of carbonyl (C=O) groups excluding carboxylic acids is 1. The largest absolute Gasteiger partial charge is 0.283 e. The van der Waals surface area contributed by atoms with E-state index in [1.807, 2.05) is 24.3 Å². The third-order valence-electron chi connectivity index (χ3n) is 4.05. The summed E-state index contributed by atoms with van der Waals surface area (Å²) in [6.07, 6.45) is 0. The number of hydrogen-bond donors (Lipinski definition) is 1. The molecule has 0 atom stereocenters. The molecule has 4 rings (SSSR count). The number of para-hydroxylation sites is 2. The fraction of sp³-hybridized carbons (Fsp3) is 0. The number of thiazole rings is 1. The van der Waals surface area contributed by atoms with E-state index in [0.29, 0.717) is 11.2 Å². The van der Waals surface area contributed by atoms with Crippen LogP contribution in [-0.2, 0) is 9.84 Å². The van der Waals surface area contributed by atoms with Crippen molar-refractivity contribution in [1.29, 1.82) is 0 Å². The Balaban J connectivity index is 1.80. The molecule has 0 aliphatic carbocycles. The molecule has 0 saturated carbocycles. The standard InChI is InChI=1S/C21H15N3O3S2/c25-19(20-22-17-13-7-8-14-18(17)28-20)21(24-23-15-9-3-1-4-10-15)29(26,27)16-11-5-2-6-12-16/h1-14,23H/b24-21+. The summed E-state index contributed by atoms with van der Waals surface area (Å²) in [4.78, 5) is 17.4. The molecule has 0 spiro atoms. The van der Waals surface area contributed by atoms with Crippen molar-refractivity contribution in [2.45, 2.75) is 4.90 Å². The molecule has 0 fully saturated rings. The summed E-state index contributed by atoms with van der Waals surface area (Å²) < 4.78 is 27.1. The zero-order chi connectivity index (χ0) is 20.3. The number of sulfone groups is 1. The van der Waals surface area contributed by atoms with Crippen LogP contribution in [0.2, 0.25) is 0 Å². The Labute approximate surface area is 171 Å². The Bertz CT molecular complexity index is 1270. The second-order valence-electron chi connectivity index (χ2n) is 6.03. The predicted molar refractivity (Wildman–Crippen MR) is 115 cm³/mol. The maximum Gasteiger partial charge on any atom is 0.253 e. The molecule has 0 aliphatic heterocycles. The molecule has 1 N–H and O–H groups in total. The van der Waals surface area contributed by atoms with Gasteiger partial charge in [0.15, 0.2) is 5.01 Å². The van der Waals surface area contributed by atoms with Gasteiger partial charge in [0.2, 0.25) is 14.9 Å². The van der Waals surface area contributed by atoms with Gasteiger partial charge in [0.25, 0.3) is 5.78 Å². The van der Waals surface area contributed by atoms with Gasteiger partial charge >= 0.3 is 0 Å². The van der Waals surface area contributed by atoms with Gasteiger partial charge in [-0.2, -0.15) is 5.10 Å². The molecule has 29 heavy (non-hydrogen) atoms. The minimum atomic E-state index is -4.15. The van der Waals surface area contributed by atoms with Crippen molar-refractivity contribution < 1.29 is 13.2 Å². The highest BCUT2D eigenvalue weighted by molar-refractivity contribution is 8.08. The molecule has 0 radical (unpaired) electrons. The number of benzene rings is 3. The first-order valence-corrected chi connectivity index (χ1v) is 10.9. The lowest BCUT2D eigenvalue weighted by Crippen LogP contribution is -2.26. The summed E-state index contributed by atoms with van der Waals surface area (Å²) in [5.41, 5.74) is 3.86. The van der Waals surface area contributed by atoms with E-state index in [1.54, 1.807) is 48.5 Å². The molecule has 0 saturated heterocycles.